The number of benzene rings is 2. The molecule has 2 aromatic carbocycles. The molecular formula is C16H18N4O4S. The summed E-state index contributed by atoms with van der Waals surface area (Å²) in [6.07, 6.45) is 1.53. The van der Waals surface area contributed by atoms with E-state index in [9.17, 15) is 18.5 Å². The van der Waals surface area contributed by atoms with Crippen LogP contribution in [0.1, 0.15) is 25.3 Å². The molecule has 0 saturated heterocycles. The van der Waals surface area contributed by atoms with Crippen molar-refractivity contribution in [2.24, 2.45) is 10.2 Å². The van der Waals surface area contributed by atoms with Crippen molar-refractivity contribution in [3.8, 4) is 0 Å². The first-order chi connectivity index (χ1) is 11.8. The van der Waals surface area contributed by atoms with Gasteiger partial charge in [-0.05, 0) is 24.1 Å². The van der Waals surface area contributed by atoms with Gasteiger partial charge < -0.3 is 0 Å². The normalized spacial score (nSPS) is 12.0. The maximum atomic E-state index is 11.4. The summed E-state index contributed by atoms with van der Waals surface area (Å²) in [6, 6.07) is 12.8. The van der Waals surface area contributed by atoms with Gasteiger partial charge in [-0.1, -0.05) is 43.7 Å². The maximum Gasteiger partial charge on any atom is 0.295 e. The zero-order valence-corrected chi connectivity index (χ0v) is 14.4. The van der Waals surface area contributed by atoms with Gasteiger partial charge >= 0.3 is 0 Å². The molecule has 0 aromatic heterocycles. The molecule has 0 unspecified atom stereocenters. The van der Waals surface area contributed by atoms with E-state index in [0.29, 0.717) is 6.42 Å². The summed E-state index contributed by atoms with van der Waals surface area (Å²) >= 11 is 0. The van der Waals surface area contributed by atoms with Gasteiger partial charge in [0.05, 0.1) is 15.5 Å². The van der Waals surface area contributed by atoms with Crippen molar-refractivity contribution in [3.63, 3.8) is 0 Å². The number of hydrogen-bond acceptors (Lipinski definition) is 6. The fourth-order valence-corrected chi connectivity index (χ4v) is 2.73. The molecule has 0 aliphatic carbocycles. The quantitative estimate of drug-likeness (QED) is 0.445. The fraction of sp³-hybridized carbons (Fsp3) is 0.188. The zero-order valence-electron chi connectivity index (χ0n) is 13.5. The van der Waals surface area contributed by atoms with E-state index >= 15 is 0 Å². The van der Waals surface area contributed by atoms with Crippen LogP contribution in [0.3, 0.4) is 0 Å². The van der Waals surface area contributed by atoms with Gasteiger partial charge in [-0.3, -0.25) is 15.5 Å². The second kappa shape index (κ2) is 7.86. The predicted octanol–water partition coefficient (Wildman–Crippen LogP) is 2.86. The van der Waals surface area contributed by atoms with E-state index in [1.807, 2.05) is 37.3 Å². The van der Waals surface area contributed by atoms with Gasteiger partial charge in [0.2, 0.25) is 10.0 Å². The number of sulfonamides is 1. The van der Waals surface area contributed by atoms with Gasteiger partial charge in [-0.15, -0.1) is 0 Å². The first kappa shape index (κ1) is 18.6. The standard InChI is InChI=1S/C16H18N4O4S/c1-2-6-14(12-7-4-3-5-8-12)18-19-15-10-9-13(25(17,23)24)11-16(15)20(21)22/h3-5,7-11,19H,2,6H2,1H3,(H2,17,23,24)/b18-14-. The van der Waals surface area contributed by atoms with Crippen molar-refractivity contribution >= 4 is 27.1 Å². The van der Waals surface area contributed by atoms with Crippen LogP contribution in [-0.2, 0) is 10.0 Å². The Hall–Kier alpha value is -2.78. The molecule has 0 heterocycles. The van der Waals surface area contributed by atoms with E-state index in [4.69, 9.17) is 5.14 Å². The van der Waals surface area contributed by atoms with Crippen molar-refractivity contribution in [2.75, 3.05) is 5.43 Å². The van der Waals surface area contributed by atoms with Crippen molar-refractivity contribution in [1.29, 1.82) is 0 Å². The van der Waals surface area contributed by atoms with Crippen LogP contribution < -0.4 is 10.6 Å². The zero-order chi connectivity index (χ0) is 18.4. The molecular weight excluding hydrogens is 344 g/mol. The van der Waals surface area contributed by atoms with Crippen molar-refractivity contribution in [3.05, 3.63) is 64.2 Å². The third kappa shape index (κ3) is 4.85. The lowest BCUT2D eigenvalue weighted by molar-refractivity contribution is -0.384. The lowest BCUT2D eigenvalue weighted by atomic mass is 10.1. The summed E-state index contributed by atoms with van der Waals surface area (Å²) in [7, 11) is -4.03. The van der Waals surface area contributed by atoms with Crippen LogP contribution in [0.4, 0.5) is 11.4 Å². The first-order valence-corrected chi connectivity index (χ1v) is 9.06. The molecule has 0 amide bonds. The summed E-state index contributed by atoms with van der Waals surface area (Å²) in [5.74, 6) is 0. The Labute approximate surface area is 145 Å². The molecule has 0 spiro atoms. The fourth-order valence-electron chi connectivity index (χ4n) is 2.19. The Morgan fingerprint density at radius 1 is 1.24 bits per heavy atom. The van der Waals surface area contributed by atoms with Gasteiger partial charge in [-0.25, -0.2) is 13.6 Å². The minimum atomic E-state index is -4.03. The number of rotatable bonds is 7. The summed E-state index contributed by atoms with van der Waals surface area (Å²) in [6.45, 7) is 2.00. The van der Waals surface area contributed by atoms with Gasteiger partial charge in [-0.2, -0.15) is 5.10 Å². The molecule has 9 heteroatoms. The average Bonchev–Trinajstić information content (AvgIpc) is 2.58. The maximum absolute atomic E-state index is 11.4. The van der Waals surface area contributed by atoms with E-state index < -0.39 is 20.6 Å². The summed E-state index contributed by atoms with van der Waals surface area (Å²) in [5.41, 5.74) is 3.98. The monoisotopic (exact) mass is 362 g/mol. The molecule has 0 atom stereocenters. The van der Waals surface area contributed by atoms with Crippen molar-refractivity contribution in [2.45, 2.75) is 24.7 Å². The van der Waals surface area contributed by atoms with Crippen LogP contribution in [0, 0.1) is 10.1 Å². The van der Waals surface area contributed by atoms with Crippen LogP contribution in [0.5, 0.6) is 0 Å². The van der Waals surface area contributed by atoms with E-state index in [0.717, 1.165) is 23.8 Å². The third-order valence-electron chi connectivity index (χ3n) is 3.40. The molecule has 0 aliphatic rings. The topological polar surface area (TPSA) is 128 Å². The average molecular weight is 362 g/mol. The summed E-state index contributed by atoms with van der Waals surface area (Å²) in [4.78, 5) is 10.2. The Morgan fingerprint density at radius 2 is 1.92 bits per heavy atom. The molecule has 25 heavy (non-hydrogen) atoms. The number of nitrogens with zero attached hydrogens (tertiary/aromatic N) is 2. The number of hydrogen-bond donors (Lipinski definition) is 2. The smallest absolute Gasteiger partial charge is 0.271 e. The molecule has 3 N–H and O–H groups in total. The second-order valence-corrected chi connectivity index (χ2v) is 6.83. The molecule has 8 nitrogen and oxygen atoms in total. The molecule has 0 bridgehead atoms. The summed E-state index contributed by atoms with van der Waals surface area (Å²) < 4.78 is 22.7. The molecule has 0 radical (unpaired) electrons. The minimum Gasteiger partial charge on any atom is -0.271 e. The minimum absolute atomic E-state index is 0.0851. The highest BCUT2D eigenvalue weighted by Gasteiger charge is 2.19. The van der Waals surface area contributed by atoms with Crippen LogP contribution in [0.2, 0.25) is 0 Å². The SMILES string of the molecule is CCC/C(=N/Nc1ccc(S(N)(=O)=O)cc1[N+](=O)[O-])c1ccccc1. The molecule has 2 rings (SSSR count). The van der Waals surface area contributed by atoms with Crippen LogP contribution in [-0.4, -0.2) is 19.1 Å². The lowest BCUT2D eigenvalue weighted by Crippen LogP contribution is -2.12. The second-order valence-electron chi connectivity index (χ2n) is 5.27. The van der Waals surface area contributed by atoms with Gasteiger partial charge in [0.1, 0.15) is 5.69 Å². The molecule has 0 saturated carbocycles. The third-order valence-corrected chi connectivity index (χ3v) is 4.31. The van der Waals surface area contributed by atoms with Crippen molar-refractivity contribution < 1.29 is 13.3 Å². The molecule has 0 fully saturated rings. The largest absolute Gasteiger partial charge is 0.295 e. The van der Waals surface area contributed by atoms with Crippen LogP contribution >= 0.6 is 0 Å². The van der Waals surface area contributed by atoms with Crippen LogP contribution in [0.15, 0.2) is 58.5 Å². The van der Waals surface area contributed by atoms with Crippen molar-refractivity contribution in [1.82, 2.24) is 0 Å². The number of primary sulfonamides is 1. The summed E-state index contributed by atoms with van der Waals surface area (Å²) in [5, 5.41) is 20.5. The Morgan fingerprint density at radius 3 is 2.48 bits per heavy atom. The van der Waals surface area contributed by atoms with Gasteiger partial charge in [0, 0.05) is 6.07 Å². The molecule has 0 aliphatic heterocycles. The van der Waals surface area contributed by atoms with E-state index in [1.165, 1.54) is 12.1 Å². The molecule has 2 aromatic rings. The highest BCUT2D eigenvalue weighted by molar-refractivity contribution is 7.89. The van der Waals surface area contributed by atoms with E-state index in [2.05, 4.69) is 10.5 Å². The Bertz CT molecular complexity index is 896. The highest BCUT2D eigenvalue weighted by Crippen LogP contribution is 2.27. The van der Waals surface area contributed by atoms with Crippen LogP contribution in [0.25, 0.3) is 0 Å². The Kier molecular flexibility index (Phi) is 5.84. The first-order valence-electron chi connectivity index (χ1n) is 7.52. The number of nitro groups is 1. The number of hydrazone groups is 1. The lowest BCUT2D eigenvalue weighted by Gasteiger charge is -2.08. The van der Waals surface area contributed by atoms with Gasteiger partial charge in [0.25, 0.3) is 5.69 Å². The Balaban J connectivity index is 2.39. The number of anilines is 1. The predicted molar refractivity (Wildman–Crippen MR) is 96.0 cm³/mol. The number of nitrogens with two attached hydrogens (primary N) is 1. The van der Waals surface area contributed by atoms with E-state index in [1.54, 1.807) is 0 Å². The highest BCUT2D eigenvalue weighted by atomic mass is 32.2. The molecule has 132 valence electrons. The van der Waals surface area contributed by atoms with E-state index in [-0.39, 0.29) is 10.6 Å². The van der Waals surface area contributed by atoms with Gasteiger partial charge in [0.15, 0.2) is 0 Å². The number of nitro benzene ring substituents is 1. The number of nitrogens with one attached hydrogen (secondary N) is 1.